The number of hydroxylamine groups is 1. The molecule has 0 radical (unpaired) electrons. The summed E-state index contributed by atoms with van der Waals surface area (Å²) in [5.74, 6) is -0.355. The Morgan fingerprint density at radius 3 is 2.60 bits per heavy atom. The molecule has 1 amide bonds. The molecule has 1 rings (SSSR count). The predicted molar refractivity (Wildman–Crippen MR) is 55.8 cm³/mol. The molecule has 0 saturated heterocycles. The van der Waals surface area contributed by atoms with Crippen LogP contribution >= 0.6 is 0 Å². The fraction of sp³-hybridized carbons (Fsp3) is 0.364. The van der Waals surface area contributed by atoms with Gasteiger partial charge in [0.25, 0.3) is 0 Å². The molecule has 0 aromatic heterocycles. The van der Waals surface area contributed by atoms with Gasteiger partial charge in [0.15, 0.2) is 0 Å². The van der Waals surface area contributed by atoms with Crippen molar-refractivity contribution >= 4 is 5.91 Å². The minimum atomic E-state index is -1.18. The summed E-state index contributed by atoms with van der Waals surface area (Å²) < 4.78 is 0. The van der Waals surface area contributed by atoms with E-state index >= 15 is 0 Å². The summed E-state index contributed by atoms with van der Waals surface area (Å²) in [5, 5.41) is 10.1. The number of carbonyl (C=O) groups excluding carboxylic acids is 1. The number of aliphatic hydroxyl groups is 1. The topological polar surface area (TPSA) is 58.6 Å². The molecule has 0 spiro atoms. The van der Waals surface area contributed by atoms with Gasteiger partial charge >= 0.3 is 0 Å². The first-order chi connectivity index (χ1) is 7.06. The van der Waals surface area contributed by atoms with Crippen LogP contribution in [0.4, 0.5) is 0 Å². The van der Waals surface area contributed by atoms with Gasteiger partial charge in [-0.15, -0.1) is 0 Å². The third-order valence-corrected chi connectivity index (χ3v) is 2.12. The van der Waals surface area contributed by atoms with Gasteiger partial charge in [-0.3, -0.25) is 9.63 Å². The number of rotatable bonds is 4. The van der Waals surface area contributed by atoms with Crippen molar-refractivity contribution in [2.24, 2.45) is 0 Å². The monoisotopic (exact) mass is 209 g/mol. The molecule has 0 saturated carbocycles. The molecule has 0 heterocycles. The van der Waals surface area contributed by atoms with Gasteiger partial charge in [-0.05, 0) is 12.5 Å². The van der Waals surface area contributed by atoms with E-state index in [1.165, 1.54) is 7.11 Å². The summed E-state index contributed by atoms with van der Waals surface area (Å²) in [5.41, 5.74) is 1.70. The fourth-order valence-corrected chi connectivity index (χ4v) is 1.36. The average Bonchev–Trinajstić information content (AvgIpc) is 2.18. The molecule has 0 bridgehead atoms. The number of amides is 1. The van der Waals surface area contributed by atoms with Crippen LogP contribution in [0.15, 0.2) is 30.3 Å². The quantitative estimate of drug-likeness (QED) is 0.726. The minimum absolute atomic E-state index is 0.0369. The van der Waals surface area contributed by atoms with E-state index in [1.807, 2.05) is 18.2 Å². The zero-order chi connectivity index (χ0) is 11.3. The second kappa shape index (κ2) is 4.91. The summed E-state index contributed by atoms with van der Waals surface area (Å²) in [6.45, 7) is 1.59. The number of hydrogen-bond acceptors (Lipinski definition) is 3. The molecular formula is C11H15NO3. The lowest BCUT2D eigenvalue weighted by molar-refractivity contribution is -0.136. The Morgan fingerprint density at radius 2 is 2.07 bits per heavy atom. The zero-order valence-electron chi connectivity index (χ0n) is 8.86. The Bertz CT molecular complexity index is 322. The molecule has 0 aliphatic rings. The molecule has 1 atom stereocenters. The van der Waals surface area contributed by atoms with Gasteiger partial charge in [-0.2, -0.15) is 0 Å². The molecule has 1 aromatic carbocycles. The van der Waals surface area contributed by atoms with Crippen molar-refractivity contribution in [2.45, 2.75) is 18.9 Å². The minimum Gasteiger partial charge on any atom is -0.385 e. The summed E-state index contributed by atoms with van der Waals surface area (Å²) in [4.78, 5) is 15.7. The molecule has 4 heteroatoms. The first kappa shape index (κ1) is 11.7. The van der Waals surface area contributed by atoms with Crippen molar-refractivity contribution in [2.75, 3.05) is 7.11 Å². The Kier molecular flexibility index (Phi) is 3.82. The van der Waals surface area contributed by atoms with Crippen LogP contribution in [0.25, 0.3) is 0 Å². The van der Waals surface area contributed by atoms with Gasteiger partial charge in [0.05, 0.1) is 19.1 Å². The highest BCUT2D eigenvalue weighted by molar-refractivity contribution is 5.76. The van der Waals surface area contributed by atoms with Crippen molar-refractivity contribution in [3.05, 3.63) is 35.9 Å². The largest absolute Gasteiger partial charge is 0.385 e. The van der Waals surface area contributed by atoms with Crippen molar-refractivity contribution in [3.8, 4) is 0 Å². The van der Waals surface area contributed by atoms with Gasteiger partial charge in [0.1, 0.15) is 0 Å². The van der Waals surface area contributed by atoms with Crippen molar-refractivity contribution in [1.82, 2.24) is 5.48 Å². The Morgan fingerprint density at radius 1 is 1.47 bits per heavy atom. The molecular weight excluding hydrogens is 194 g/mol. The lowest BCUT2D eigenvalue weighted by Crippen LogP contribution is -2.32. The van der Waals surface area contributed by atoms with Gasteiger partial charge in [0, 0.05) is 0 Å². The second-order valence-corrected chi connectivity index (χ2v) is 3.55. The Hall–Kier alpha value is -1.39. The highest BCUT2D eigenvalue weighted by Crippen LogP contribution is 2.23. The van der Waals surface area contributed by atoms with Gasteiger partial charge < -0.3 is 5.11 Å². The standard InChI is InChI=1S/C11H15NO3/c1-11(14,8-10(13)12-15-2)9-6-4-3-5-7-9/h3-7,14H,8H2,1-2H3,(H,12,13). The SMILES string of the molecule is CONC(=O)CC(C)(O)c1ccccc1. The Labute approximate surface area is 88.8 Å². The van der Waals surface area contributed by atoms with Crippen LogP contribution in [-0.4, -0.2) is 18.1 Å². The molecule has 4 nitrogen and oxygen atoms in total. The van der Waals surface area contributed by atoms with Gasteiger partial charge in [-0.25, -0.2) is 5.48 Å². The maximum Gasteiger partial charge on any atom is 0.246 e. The fourth-order valence-electron chi connectivity index (χ4n) is 1.36. The zero-order valence-corrected chi connectivity index (χ0v) is 8.86. The maximum atomic E-state index is 11.2. The van der Waals surface area contributed by atoms with E-state index in [9.17, 15) is 9.90 Å². The molecule has 0 aliphatic carbocycles. The van der Waals surface area contributed by atoms with Crippen LogP contribution in [0.2, 0.25) is 0 Å². The van der Waals surface area contributed by atoms with E-state index in [0.29, 0.717) is 5.56 Å². The third kappa shape index (κ3) is 3.34. The van der Waals surface area contributed by atoms with Crippen LogP contribution < -0.4 is 5.48 Å². The first-order valence-corrected chi connectivity index (χ1v) is 4.66. The molecule has 82 valence electrons. The number of hydrogen-bond donors (Lipinski definition) is 2. The normalized spacial score (nSPS) is 14.3. The lowest BCUT2D eigenvalue weighted by Gasteiger charge is -2.22. The number of nitrogens with one attached hydrogen (secondary N) is 1. The molecule has 1 aromatic rings. The van der Waals surface area contributed by atoms with E-state index in [1.54, 1.807) is 19.1 Å². The molecule has 15 heavy (non-hydrogen) atoms. The maximum absolute atomic E-state index is 11.2. The van der Waals surface area contributed by atoms with Gasteiger partial charge in [-0.1, -0.05) is 30.3 Å². The number of carbonyl (C=O) groups is 1. The average molecular weight is 209 g/mol. The summed E-state index contributed by atoms with van der Waals surface area (Å²) >= 11 is 0. The highest BCUT2D eigenvalue weighted by Gasteiger charge is 2.26. The molecule has 1 unspecified atom stereocenters. The lowest BCUT2D eigenvalue weighted by atomic mass is 9.92. The smallest absolute Gasteiger partial charge is 0.246 e. The summed E-state index contributed by atoms with van der Waals surface area (Å²) in [6, 6.07) is 9.05. The molecule has 2 N–H and O–H groups in total. The Balaban J connectivity index is 2.71. The van der Waals surface area contributed by atoms with Crippen LogP contribution in [0.1, 0.15) is 18.9 Å². The van der Waals surface area contributed by atoms with Crippen LogP contribution in [-0.2, 0) is 15.2 Å². The van der Waals surface area contributed by atoms with E-state index in [0.717, 1.165) is 0 Å². The van der Waals surface area contributed by atoms with Crippen LogP contribution in [0, 0.1) is 0 Å². The number of benzene rings is 1. The van der Waals surface area contributed by atoms with Crippen molar-refractivity contribution < 1.29 is 14.7 Å². The van der Waals surface area contributed by atoms with Gasteiger partial charge in [0.2, 0.25) is 5.91 Å². The summed E-state index contributed by atoms with van der Waals surface area (Å²) in [6.07, 6.45) is -0.0369. The predicted octanol–water partition coefficient (Wildman–Crippen LogP) is 0.962. The molecule has 0 aliphatic heterocycles. The first-order valence-electron chi connectivity index (χ1n) is 4.66. The van der Waals surface area contributed by atoms with E-state index < -0.39 is 5.60 Å². The summed E-state index contributed by atoms with van der Waals surface area (Å²) in [7, 11) is 1.36. The third-order valence-electron chi connectivity index (χ3n) is 2.12. The van der Waals surface area contributed by atoms with Crippen molar-refractivity contribution in [3.63, 3.8) is 0 Å². The highest BCUT2D eigenvalue weighted by atomic mass is 16.6. The van der Waals surface area contributed by atoms with Crippen LogP contribution in [0.5, 0.6) is 0 Å². The van der Waals surface area contributed by atoms with E-state index in [-0.39, 0.29) is 12.3 Å². The van der Waals surface area contributed by atoms with E-state index in [4.69, 9.17) is 0 Å². The van der Waals surface area contributed by atoms with Crippen LogP contribution in [0.3, 0.4) is 0 Å². The second-order valence-electron chi connectivity index (χ2n) is 3.55. The van der Waals surface area contributed by atoms with Crippen molar-refractivity contribution in [1.29, 1.82) is 0 Å². The molecule has 0 fully saturated rings. The van der Waals surface area contributed by atoms with E-state index in [2.05, 4.69) is 10.3 Å².